The van der Waals surface area contributed by atoms with E-state index in [1.54, 1.807) is 7.05 Å². The van der Waals surface area contributed by atoms with Crippen molar-refractivity contribution in [2.24, 2.45) is 0 Å². The van der Waals surface area contributed by atoms with E-state index in [-0.39, 0.29) is 29.4 Å². The molecule has 0 heterocycles. The zero-order chi connectivity index (χ0) is 11.4. The summed E-state index contributed by atoms with van der Waals surface area (Å²) < 4.78 is 17.9. The van der Waals surface area contributed by atoms with Gasteiger partial charge in [-0.3, -0.25) is 4.79 Å². The Labute approximate surface area is 86.7 Å². The number of halogens is 1. The lowest BCUT2D eigenvalue weighted by Gasteiger charge is -2.07. The minimum Gasteiger partial charge on any atom is -0.504 e. The van der Waals surface area contributed by atoms with Gasteiger partial charge in [-0.1, -0.05) is 0 Å². The standard InChI is InChI=1S/C10H12FNO3/c1-12-5-9(14)6-3-7(11)10(15-2)8(13)4-6/h3-4,12-13H,5H2,1-2H3. The first-order valence-corrected chi connectivity index (χ1v) is 4.34. The lowest BCUT2D eigenvalue weighted by Crippen LogP contribution is -2.18. The summed E-state index contributed by atoms with van der Waals surface area (Å²) in [6.07, 6.45) is 0. The second kappa shape index (κ2) is 4.75. The zero-order valence-corrected chi connectivity index (χ0v) is 8.50. The number of carbonyl (C=O) groups excluding carboxylic acids is 1. The molecule has 0 unspecified atom stereocenters. The van der Waals surface area contributed by atoms with Gasteiger partial charge in [0.15, 0.2) is 23.1 Å². The molecule has 4 nitrogen and oxygen atoms in total. The number of ketones is 1. The highest BCUT2D eigenvalue weighted by Crippen LogP contribution is 2.30. The van der Waals surface area contributed by atoms with Gasteiger partial charge in [0.05, 0.1) is 13.7 Å². The Kier molecular flexibility index (Phi) is 3.62. The molecule has 0 bridgehead atoms. The fourth-order valence-corrected chi connectivity index (χ4v) is 1.20. The Morgan fingerprint density at radius 2 is 2.27 bits per heavy atom. The predicted molar refractivity (Wildman–Crippen MR) is 52.9 cm³/mol. The molecule has 0 aliphatic rings. The molecule has 0 spiro atoms. The SMILES string of the molecule is CNCC(=O)c1cc(O)c(OC)c(F)c1. The molecule has 0 atom stereocenters. The summed E-state index contributed by atoms with van der Waals surface area (Å²) in [5.41, 5.74) is 0.111. The number of benzene rings is 1. The van der Waals surface area contributed by atoms with Crippen LogP contribution in [-0.2, 0) is 0 Å². The smallest absolute Gasteiger partial charge is 0.196 e. The molecular weight excluding hydrogens is 201 g/mol. The van der Waals surface area contributed by atoms with Crippen LogP contribution in [0.5, 0.6) is 11.5 Å². The van der Waals surface area contributed by atoms with Gasteiger partial charge in [0.25, 0.3) is 0 Å². The van der Waals surface area contributed by atoms with Crippen LogP contribution in [0.3, 0.4) is 0 Å². The fraction of sp³-hybridized carbons (Fsp3) is 0.300. The second-order valence-corrected chi connectivity index (χ2v) is 2.96. The molecule has 0 saturated heterocycles. The number of rotatable bonds is 4. The summed E-state index contributed by atoms with van der Waals surface area (Å²) in [5, 5.41) is 12.0. The first-order valence-electron chi connectivity index (χ1n) is 4.34. The summed E-state index contributed by atoms with van der Waals surface area (Å²) in [6, 6.07) is 2.22. The zero-order valence-electron chi connectivity index (χ0n) is 8.50. The minimum atomic E-state index is -0.753. The summed E-state index contributed by atoms with van der Waals surface area (Å²) >= 11 is 0. The van der Waals surface area contributed by atoms with Crippen molar-refractivity contribution in [3.63, 3.8) is 0 Å². The predicted octanol–water partition coefficient (Wildman–Crippen LogP) is 0.942. The minimum absolute atomic E-state index is 0.0885. The molecule has 0 aliphatic heterocycles. The van der Waals surface area contributed by atoms with E-state index < -0.39 is 5.82 Å². The normalized spacial score (nSPS) is 10.1. The van der Waals surface area contributed by atoms with Gasteiger partial charge in [0.2, 0.25) is 0 Å². The monoisotopic (exact) mass is 213 g/mol. The quantitative estimate of drug-likeness (QED) is 0.731. The summed E-state index contributed by atoms with van der Waals surface area (Å²) in [4.78, 5) is 11.4. The number of nitrogens with one attached hydrogen (secondary N) is 1. The molecule has 5 heteroatoms. The molecule has 1 aromatic carbocycles. The highest BCUT2D eigenvalue weighted by Gasteiger charge is 2.14. The topological polar surface area (TPSA) is 58.6 Å². The fourth-order valence-electron chi connectivity index (χ4n) is 1.20. The number of phenolic OH excluding ortho intramolecular Hbond substituents is 1. The number of hydrogen-bond acceptors (Lipinski definition) is 4. The van der Waals surface area contributed by atoms with Gasteiger partial charge in [-0.15, -0.1) is 0 Å². The molecule has 0 aromatic heterocycles. The summed E-state index contributed by atoms with van der Waals surface area (Å²) in [5.74, 6) is -1.68. The third kappa shape index (κ3) is 2.44. The van der Waals surface area contributed by atoms with E-state index in [1.807, 2.05) is 0 Å². The average Bonchev–Trinajstić information content (AvgIpc) is 2.17. The molecule has 1 aromatic rings. The van der Waals surface area contributed by atoms with Gasteiger partial charge in [0.1, 0.15) is 0 Å². The molecule has 0 fully saturated rings. The molecule has 0 aliphatic carbocycles. The number of phenols is 1. The van der Waals surface area contributed by atoms with Gasteiger partial charge >= 0.3 is 0 Å². The molecular formula is C10H12FNO3. The van der Waals surface area contributed by atoms with Crippen molar-refractivity contribution in [2.75, 3.05) is 20.7 Å². The Morgan fingerprint density at radius 3 is 2.73 bits per heavy atom. The van der Waals surface area contributed by atoms with Gasteiger partial charge in [-0.05, 0) is 19.2 Å². The van der Waals surface area contributed by atoms with Crippen LogP contribution in [0.25, 0.3) is 0 Å². The van der Waals surface area contributed by atoms with Crippen LogP contribution in [0.15, 0.2) is 12.1 Å². The number of hydrogen-bond donors (Lipinski definition) is 2. The number of carbonyl (C=O) groups is 1. The van der Waals surface area contributed by atoms with Crippen LogP contribution < -0.4 is 10.1 Å². The largest absolute Gasteiger partial charge is 0.504 e. The van der Waals surface area contributed by atoms with E-state index in [0.29, 0.717) is 0 Å². The maximum Gasteiger partial charge on any atom is 0.196 e. The molecule has 0 saturated carbocycles. The number of methoxy groups -OCH3 is 1. The highest BCUT2D eigenvalue weighted by atomic mass is 19.1. The van der Waals surface area contributed by atoms with Crippen molar-refractivity contribution in [3.05, 3.63) is 23.5 Å². The van der Waals surface area contributed by atoms with Crippen molar-refractivity contribution in [1.29, 1.82) is 0 Å². The van der Waals surface area contributed by atoms with Crippen molar-refractivity contribution >= 4 is 5.78 Å². The van der Waals surface area contributed by atoms with Crippen LogP contribution in [0.4, 0.5) is 4.39 Å². The van der Waals surface area contributed by atoms with Gasteiger partial charge < -0.3 is 15.2 Å². The average molecular weight is 213 g/mol. The second-order valence-electron chi connectivity index (χ2n) is 2.96. The van der Waals surface area contributed by atoms with Crippen LogP contribution >= 0.6 is 0 Å². The first-order chi connectivity index (χ1) is 7.10. The van der Waals surface area contributed by atoms with Crippen molar-refractivity contribution in [2.45, 2.75) is 0 Å². The molecule has 0 amide bonds. The van der Waals surface area contributed by atoms with Crippen LogP contribution in [0.1, 0.15) is 10.4 Å². The maximum atomic E-state index is 13.3. The van der Waals surface area contributed by atoms with Crippen molar-refractivity contribution in [1.82, 2.24) is 5.32 Å². The summed E-state index contributed by atoms with van der Waals surface area (Å²) in [7, 11) is 2.85. The van der Waals surface area contributed by atoms with Crippen LogP contribution in [-0.4, -0.2) is 31.6 Å². The van der Waals surface area contributed by atoms with E-state index in [1.165, 1.54) is 13.2 Å². The lowest BCUT2D eigenvalue weighted by molar-refractivity contribution is 0.0992. The number of likely N-dealkylation sites (N-methyl/N-ethyl adjacent to an activating group) is 1. The Balaban J connectivity index is 3.08. The maximum absolute atomic E-state index is 13.3. The Bertz CT molecular complexity index is 356. The van der Waals surface area contributed by atoms with E-state index in [4.69, 9.17) is 0 Å². The summed E-state index contributed by atoms with van der Waals surface area (Å²) in [6.45, 7) is 0.0885. The van der Waals surface area contributed by atoms with Crippen molar-refractivity contribution in [3.8, 4) is 11.5 Å². The Hall–Kier alpha value is -1.62. The van der Waals surface area contributed by atoms with E-state index in [0.717, 1.165) is 6.07 Å². The van der Waals surface area contributed by atoms with Gasteiger partial charge in [-0.2, -0.15) is 0 Å². The number of Topliss-reactive ketones (excluding diaryl/α,β-unsaturated/α-hetero) is 1. The van der Waals surface area contributed by atoms with E-state index >= 15 is 0 Å². The van der Waals surface area contributed by atoms with Crippen LogP contribution in [0, 0.1) is 5.82 Å². The third-order valence-corrected chi connectivity index (χ3v) is 1.89. The molecule has 82 valence electrons. The molecule has 0 radical (unpaired) electrons. The Morgan fingerprint density at radius 1 is 1.60 bits per heavy atom. The number of aromatic hydroxyl groups is 1. The third-order valence-electron chi connectivity index (χ3n) is 1.89. The highest BCUT2D eigenvalue weighted by molar-refractivity contribution is 5.98. The molecule has 1 rings (SSSR count). The van der Waals surface area contributed by atoms with Gasteiger partial charge in [-0.25, -0.2) is 4.39 Å². The number of ether oxygens (including phenoxy) is 1. The van der Waals surface area contributed by atoms with Crippen LogP contribution in [0.2, 0.25) is 0 Å². The molecule has 2 N–H and O–H groups in total. The lowest BCUT2D eigenvalue weighted by atomic mass is 10.1. The van der Waals surface area contributed by atoms with E-state index in [9.17, 15) is 14.3 Å². The first kappa shape index (κ1) is 11.5. The van der Waals surface area contributed by atoms with Gasteiger partial charge in [0, 0.05) is 5.56 Å². The van der Waals surface area contributed by atoms with Crippen molar-refractivity contribution < 1.29 is 19.0 Å². The molecule has 15 heavy (non-hydrogen) atoms. The van der Waals surface area contributed by atoms with E-state index in [2.05, 4.69) is 10.1 Å².